The minimum atomic E-state index is -0.214. The number of hydrogen-bond acceptors (Lipinski definition) is 2. The van der Waals surface area contributed by atoms with Gasteiger partial charge in [-0.2, -0.15) is 0 Å². The maximum Gasteiger partial charge on any atom is 0.270 e. The summed E-state index contributed by atoms with van der Waals surface area (Å²) in [7, 11) is 0. The van der Waals surface area contributed by atoms with E-state index in [-0.39, 0.29) is 5.91 Å². The lowest BCUT2D eigenvalue weighted by Gasteiger charge is -2.09. The first-order valence-corrected chi connectivity index (χ1v) is 6.55. The van der Waals surface area contributed by atoms with E-state index < -0.39 is 0 Å². The molecule has 0 atom stereocenters. The zero-order chi connectivity index (χ0) is 13.7. The third-order valence-corrected chi connectivity index (χ3v) is 3.13. The van der Waals surface area contributed by atoms with E-state index in [0.29, 0.717) is 17.3 Å². The molecule has 2 aromatic rings. The predicted octanol–water partition coefficient (Wildman–Crippen LogP) is 3.23. The zero-order valence-electron chi connectivity index (χ0n) is 10.7. The van der Waals surface area contributed by atoms with Gasteiger partial charge in [-0.3, -0.25) is 9.78 Å². The quantitative estimate of drug-likeness (QED) is 0.930. The molecule has 0 saturated heterocycles. The highest BCUT2D eigenvalue weighted by Gasteiger charge is 2.08. The molecule has 1 heterocycles. The molecule has 1 amide bonds. The van der Waals surface area contributed by atoms with E-state index >= 15 is 0 Å². The third-order valence-electron chi connectivity index (χ3n) is 2.89. The summed E-state index contributed by atoms with van der Waals surface area (Å²) in [6.45, 7) is 2.59. The molecule has 0 bridgehead atoms. The average Bonchev–Trinajstić information content (AvgIpc) is 2.45. The summed E-state index contributed by atoms with van der Waals surface area (Å²) in [5.41, 5.74) is 2.70. The average molecular weight is 275 g/mol. The number of aryl methyl sites for hydroxylation is 1. The molecule has 4 heteroatoms. The summed E-state index contributed by atoms with van der Waals surface area (Å²) in [6.07, 6.45) is 2.47. The van der Waals surface area contributed by atoms with Crippen LogP contribution in [0, 0.1) is 0 Å². The molecule has 0 fully saturated rings. The predicted molar refractivity (Wildman–Crippen MR) is 76.2 cm³/mol. The van der Waals surface area contributed by atoms with Crippen LogP contribution in [0.25, 0.3) is 0 Å². The van der Waals surface area contributed by atoms with Crippen LogP contribution in [-0.2, 0) is 13.0 Å². The number of nitrogens with one attached hydrogen (secondary N) is 1. The van der Waals surface area contributed by atoms with Crippen molar-refractivity contribution < 1.29 is 4.79 Å². The Kier molecular flexibility index (Phi) is 4.53. The van der Waals surface area contributed by atoms with Gasteiger partial charge < -0.3 is 5.32 Å². The number of rotatable bonds is 4. The van der Waals surface area contributed by atoms with E-state index in [0.717, 1.165) is 12.0 Å². The molecule has 0 aliphatic carbocycles. The summed E-state index contributed by atoms with van der Waals surface area (Å²) in [6, 6.07) is 11.3. The molecule has 0 aliphatic rings. The second kappa shape index (κ2) is 6.34. The first-order valence-electron chi connectivity index (χ1n) is 6.17. The first-order chi connectivity index (χ1) is 9.20. The maximum atomic E-state index is 11.9. The Morgan fingerprint density at radius 1 is 1.26 bits per heavy atom. The van der Waals surface area contributed by atoms with Gasteiger partial charge in [-0.05, 0) is 29.7 Å². The van der Waals surface area contributed by atoms with Crippen molar-refractivity contribution in [3.05, 3.63) is 64.4 Å². The van der Waals surface area contributed by atoms with Gasteiger partial charge in [0.2, 0.25) is 0 Å². The number of halogens is 1. The van der Waals surface area contributed by atoms with Crippen molar-refractivity contribution >= 4 is 17.5 Å². The van der Waals surface area contributed by atoms with E-state index in [1.54, 1.807) is 12.1 Å². The monoisotopic (exact) mass is 274 g/mol. The Morgan fingerprint density at radius 3 is 2.68 bits per heavy atom. The zero-order valence-corrected chi connectivity index (χ0v) is 11.4. The van der Waals surface area contributed by atoms with Crippen molar-refractivity contribution in [2.75, 3.05) is 0 Å². The third kappa shape index (κ3) is 3.55. The lowest BCUT2D eigenvalue weighted by molar-refractivity contribution is 0.0946. The second-order valence-electron chi connectivity index (χ2n) is 4.16. The molecule has 98 valence electrons. The van der Waals surface area contributed by atoms with Crippen LogP contribution >= 0.6 is 11.6 Å². The van der Waals surface area contributed by atoms with Crippen LogP contribution in [0.5, 0.6) is 0 Å². The van der Waals surface area contributed by atoms with E-state index in [9.17, 15) is 4.79 Å². The minimum Gasteiger partial charge on any atom is -0.347 e. The van der Waals surface area contributed by atoms with Crippen LogP contribution in [-0.4, -0.2) is 10.9 Å². The highest BCUT2D eigenvalue weighted by atomic mass is 35.5. The number of nitrogens with zero attached hydrogens (tertiary/aromatic N) is 1. The van der Waals surface area contributed by atoms with Crippen molar-refractivity contribution in [3.8, 4) is 0 Å². The van der Waals surface area contributed by atoms with Gasteiger partial charge in [-0.25, -0.2) is 0 Å². The Bertz CT molecular complexity index is 584. The molecule has 0 radical (unpaired) electrons. The maximum absolute atomic E-state index is 11.9. The molecule has 19 heavy (non-hydrogen) atoms. The Labute approximate surface area is 117 Å². The molecule has 1 aromatic heterocycles. The van der Waals surface area contributed by atoms with Gasteiger partial charge in [0.25, 0.3) is 5.91 Å². The van der Waals surface area contributed by atoms with Crippen molar-refractivity contribution in [1.82, 2.24) is 10.3 Å². The number of benzene rings is 1. The highest BCUT2D eigenvalue weighted by molar-refractivity contribution is 6.30. The van der Waals surface area contributed by atoms with Gasteiger partial charge in [0.05, 0.1) is 0 Å². The van der Waals surface area contributed by atoms with Gasteiger partial charge >= 0.3 is 0 Å². The summed E-state index contributed by atoms with van der Waals surface area (Å²) in [5.74, 6) is -0.214. The van der Waals surface area contributed by atoms with Gasteiger partial charge in [0, 0.05) is 17.8 Å². The van der Waals surface area contributed by atoms with Crippen LogP contribution in [0.1, 0.15) is 28.5 Å². The number of amides is 1. The Morgan fingerprint density at radius 2 is 2.00 bits per heavy atom. The van der Waals surface area contributed by atoms with Crippen LogP contribution in [0.15, 0.2) is 42.6 Å². The SMILES string of the molecule is CCc1ccccc1CNC(=O)c1cc(Cl)ccn1. The molecule has 1 aromatic carbocycles. The standard InChI is InChI=1S/C15H15ClN2O/c1-2-11-5-3-4-6-12(11)10-18-15(19)14-9-13(16)7-8-17-14/h3-9H,2,10H2,1H3,(H,18,19). The van der Waals surface area contributed by atoms with Gasteiger partial charge in [-0.15, -0.1) is 0 Å². The molecule has 0 unspecified atom stereocenters. The van der Waals surface area contributed by atoms with E-state index in [4.69, 9.17) is 11.6 Å². The summed E-state index contributed by atoms with van der Waals surface area (Å²) in [5, 5.41) is 3.37. The Hall–Kier alpha value is -1.87. The summed E-state index contributed by atoms with van der Waals surface area (Å²) >= 11 is 5.83. The summed E-state index contributed by atoms with van der Waals surface area (Å²) < 4.78 is 0. The smallest absolute Gasteiger partial charge is 0.270 e. The minimum absolute atomic E-state index is 0.214. The van der Waals surface area contributed by atoms with E-state index in [1.807, 2.05) is 18.2 Å². The normalized spacial score (nSPS) is 10.2. The molecule has 3 nitrogen and oxygen atoms in total. The van der Waals surface area contributed by atoms with Crippen molar-refractivity contribution in [2.24, 2.45) is 0 Å². The number of pyridine rings is 1. The van der Waals surface area contributed by atoms with Crippen LogP contribution in [0.2, 0.25) is 5.02 Å². The molecule has 0 aliphatic heterocycles. The largest absolute Gasteiger partial charge is 0.347 e. The number of aromatic nitrogens is 1. The molecule has 1 N–H and O–H groups in total. The summed E-state index contributed by atoms with van der Waals surface area (Å²) in [4.78, 5) is 15.9. The van der Waals surface area contributed by atoms with Crippen molar-refractivity contribution in [2.45, 2.75) is 19.9 Å². The molecule has 0 saturated carbocycles. The fourth-order valence-electron chi connectivity index (χ4n) is 1.87. The lowest BCUT2D eigenvalue weighted by Crippen LogP contribution is -2.24. The van der Waals surface area contributed by atoms with Gasteiger partial charge in [0.1, 0.15) is 5.69 Å². The first kappa shape index (κ1) is 13.6. The topological polar surface area (TPSA) is 42.0 Å². The molecule has 0 spiro atoms. The highest BCUT2D eigenvalue weighted by Crippen LogP contribution is 2.10. The fraction of sp³-hybridized carbons (Fsp3) is 0.200. The number of carbonyl (C=O) groups is 1. The fourth-order valence-corrected chi connectivity index (χ4v) is 2.03. The van der Waals surface area contributed by atoms with Crippen molar-refractivity contribution in [3.63, 3.8) is 0 Å². The molecular formula is C15H15ClN2O. The number of hydrogen-bond donors (Lipinski definition) is 1. The second-order valence-corrected chi connectivity index (χ2v) is 4.60. The van der Waals surface area contributed by atoms with Crippen LogP contribution in [0.4, 0.5) is 0 Å². The van der Waals surface area contributed by atoms with Gasteiger partial charge in [0.15, 0.2) is 0 Å². The van der Waals surface area contributed by atoms with E-state index in [2.05, 4.69) is 23.3 Å². The Balaban J connectivity index is 2.04. The van der Waals surface area contributed by atoms with Gasteiger partial charge in [-0.1, -0.05) is 42.8 Å². The van der Waals surface area contributed by atoms with Crippen LogP contribution in [0.3, 0.4) is 0 Å². The van der Waals surface area contributed by atoms with Crippen LogP contribution < -0.4 is 5.32 Å². The molecule has 2 rings (SSSR count). The van der Waals surface area contributed by atoms with Crippen molar-refractivity contribution in [1.29, 1.82) is 0 Å². The molecular weight excluding hydrogens is 260 g/mol. The van der Waals surface area contributed by atoms with E-state index in [1.165, 1.54) is 11.8 Å². The number of carbonyl (C=O) groups excluding carboxylic acids is 1. The lowest BCUT2D eigenvalue weighted by atomic mass is 10.1.